The lowest BCUT2D eigenvalue weighted by Crippen LogP contribution is -2.72. The van der Waals surface area contributed by atoms with Crippen LogP contribution < -0.4 is 15.7 Å². The number of halogens is 5. The van der Waals surface area contributed by atoms with Crippen molar-refractivity contribution in [2.75, 3.05) is 5.32 Å². The van der Waals surface area contributed by atoms with Crippen LogP contribution in [-0.4, -0.2) is 42.1 Å². The van der Waals surface area contributed by atoms with E-state index >= 15 is 0 Å². The minimum Gasteiger partial charge on any atom is -0.456 e. The summed E-state index contributed by atoms with van der Waals surface area (Å²) in [4.78, 5) is 1.36. The maximum Gasteiger partial charge on any atom is 0.267 e. The molecule has 0 fully saturated rings. The summed E-state index contributed by atoms with van der Waals surface area (Å²) in [6, 6.07) is 15.9. The predicted octanol–water partition coefficient (Wildman–Crippen LogP) is 10.4. The Balaban J connectivity index is 1.86. The molecule has 0 atom stereocenters. The largest absolute Gasteiger partial charge is 0.456 e. The van der Waals surface area contributed by atoms with E-state index in [0.29, 0.717) is 33.6 Å². The van der Waals surface area contributed by atoms with E-state index in [9.17, 15) is 42.1 Å². The van der Waals surface area contributed by atoms with Crippen LogP contribution in [0.4, 0.5) is 17.1 Å². The zero-order valence-corrected chi connectivity index (χ0v) is 44.0. The summed E-state index contributed by atoms with van der Waals surface area (Å²) in [5, 5.41) is 2.98. The molecule has 4 aromatic carbocycles. The number of nitrogens with one attached hydrogen (secondary N) is 2. The topological polar surface area (TPSA) is 210 Å². The Morgan fingerprint density at radius 3 is 1.39 bits per heavy atom. The molecule has 1 aliphatic carbocycles. The Labute approximate surface area is 406 Å². The summed E-state index contributed by atoms with van der Waals surface area (Å²) in [6.07, 6.45) is 0. The Hall–Kier alpha value is -3.43. The van der Waals surface area contributed by atoms with Gasteiger partial charge >= 0.3 is 0 Å². The van der Waals surface area contributed by atoms with E-state index in [4.69, 9.17) is 57.8 Å². The van der Waals surface area contributed by atoms with Crippen LogP contribution in [0.3, 0.4) is 0 Å². The molecule has 354 valence electrons. The van der Waals surface area contributed by atoms with Gasteiger partial charge in [0.05, 0.1) is 26.4 Å². The lowest BCUT2D eigenvalue weighted by Gasteiger charge is -2.24. The highest BCUT2D eigenvalue weighted by atomic mass is 35.7. The van der Waals surface area contributed by atoms with Crippen molar-refractivity contribution in [2.45, 2.75) is 104 Å². The maximum atomic E-state index is 13.6. The first-order valence-corrected chi connectivity index (χ1v) is 31.4. The van der Waals surface area contributed by atoms with Crippen LogP contribution >= 0.6 is 53.4 Å². The van der Waals surface area contributed by atoms with E-state index in [-0.39, 0.29) is 77.9 Å². The van der Waals surface area contributed by atoms with Crippen LogP contribution in [0, 0.1) is 0 Å². The fourth-order valence-corrected chi connectivity index (χ4v) is 12.4. The van der Waals surface area contributed by atoms with Crippen molar-refractivity contribution in [1.82, 2.24) is 0 Å². The molecule has 2 aliphatic rings. The van der Waals surface area contributed by atoms with Crippen molar-refractivity contribution in [1.29, 1.82) is 0 Å². The van der Waals surface area contributed by atoms with Gasteiger partial charge in [0.25, 0.3) is 45.3 Å². The van der Waals surface area contributed by atoms with Crippen LogP contribution in [0.5, 0.6) is 0 Å². The van der Waals surface area contributed by atoms with Crippen LogP contribution in [0.15, 0.2) is 102 Å². The highest BCUT2D eigenvalue weighted by molar-refractivity contribution is 8.15. The number of fused-ring (bicyclic) bond motifs is 2. The van der Waals surface area contributed by atoms with Gasteiger partial charge in [-0.2, -0.15) is 0 Å². The predicted molar refractivity (Wildman–Crippen MR) is 260 cm³/mol. The Kier molecular flexibility index (Phi) is 14.5. The van der Waals surface area contributed by atoms with Gasteiger partial charge in [-0.3, -0.25) is 0 Å². The normalized spacial score (nSPS) is 13.6. The van der Waals surface area contributed by atoms with Gasteiger partial charge in [0, 0.05) is 98.4 Å². The van der Waals surface area contributed by atoms with Gasteiger partial charge in [-0.25, -0.2) is 47.1 Å². The van der Waals surface area contributed by atoms with E-state index in [1.165, 1.54) is 60.7 Å². The molecule has 0 aromatic heterocycles. The average Bonchev–Trinajstić information content (AvgIpc) is 3.17. The van der Waals surface area contributed by atoms with Crippen LogP contribution in [0.1, 0.15) is 101 Å². The summed E-state index contributed by atoms with van der Waals surface area (Å²) < 4.78 is 138. The SMILES string of the molecule is CC(C)c1cc(S(=O)(=O)Cl)cc(C(C)C)c1Nc1cc2oc3cc(=[NH+]c4c(C(C)C)cc(S(=O)(=O)Cl)cc4C(C)C)c(S(=O)(=O)Cl)cc-3c(-c3ccccc3S(=O)(=O)Cl)c2cc1S(=O)(=O)Cl. The lowest BCUT2D eigenvalue weighted by atomic mass is 9.92. The molecule has 0 bridgehead atoms. The van der Waals surface area contributed by atoms with Crippen LogP contribution in [0.2, 0.25) is 0 Å². The van der Waals surface area contributed by atoms with E-state index in [2.05, 4.69) is 10.3 Å². The second-order valence-corrected chi connectivity index (χ2v) is 29.4. The monoisotopic (exact) mass is 1100 g/mol. The summed E-state index contributed by atoms with van der Waals surface area (Å²) in [6.45, 7) is 14.4. The zero-order valence-electron chi connectivity index (χ0n) is 36.2. The molecule has 0 unspecified atom stereocenters. The molecule has 4 aromatic rings. The summed E-state index contributed by atoms with van der Waals surface area (Å²) in [7, 11) is 7.57. The van der Waals surface area contributed by atoms with Gasteiger partial charge in [-0.05, 0) is 77.3 Å². The number of hydrogen-bond donors (Lipinski definition) is 2. The maximum absolute atomic E-state index is 13.6. The van der Waals surface area contributed by atoms with Crippen LogP contribution in [-0.2, 0) is 45.3 Å². The van der Waals surface area contributed by atoms with E-state index in [0.717, 1.165) is 12.1 Å². The fraction of sp³-hybridized carbons (Fsp3) is 0.279. The molecule has 0 spiro atoms. The quantitative estimate of drug-likeness (QED) is 0.0818. The summed E-state index contributed by atoms with van der Waals surface area (Å²) in [5.74, 6) is -1.42. The number of benzene rings is 5. The Morgan fingerprint density at radius 1 is 0.500 bits per heavy atom. The van der Waals surface area contributed by atoms with Gasteiger partial charge in [0.15, 0.2) is 4.90 Å². The number of rotatable bonds is 13. The fourth-order valence-electron chi connectivity index (χ4n) is 7.70. The van der Waals surface area contributed by atoms with Crippen molar-refractivity contribution in [2.24, 2.45) is 0 Å². The molecule has 0 saturated carbocycles. The molecule has 23 heteroatoms. The van der Waals surface area contributed by atoms with Gasteiger partial charge in [0.2, 0.25) is 11.0 Å². The molecule has 13 nitrogen and oxygen atoms in total. The van der Waals surface area contributed by atoms with Gasteiger partial charge in [0.1, 0.15) is 16.2 Å². The molecule has 6 rings (SSSR count). The van der Waals surface area contributed by atoms with E-state index < -0.39 is 59.9 Å². The van der Waals surface area contributed by atoms with Crippen molar-refractivity contribution in [3.05, 3.63) is 100 Å². The Bertz CT molecular complexity index is 3550. The first-order chi connectivity index (χ1) is 30.2. The second-order valence-electron chi connectivity index (χ2n) is 16.7. The first-order valence-electron chi connectivity index (χ1n) is 19.8. The molecule has 0 saturated heterocycles. The number of anilines is 2. The second kappa shape index (κ2) is 18.5. The summed E-state index contributed by atoms with van der Waals surface area (Å²) >= 11 is 0. The highest BCUT2D eigenvalue weighted by Crippen LogP contribution is 2.47. The third kappa shape index (κ3) is 10.7. The van der Waals surface area contributed by atoms with Crippen molar-refractivity contribution < 1.29 is 51.5 Å². The highest BCUT2D eigenvalue weighted by Gasteiger charge is 2.32. The third-order valence-corrected chi connectivity index (χ3v) is 17.6. The Morgan fingerprint density at radius 2 is 0.955 bits per heavy atom. The number of hydrogen-bond acceptors (Lipinski definition) is 12. The molecule has 66 heavy (non-hydrogen) atoms. The molecule has 0 radical (unpaired) electrons. The molecular weight excluding hydrogens is 1060 g/mol. The van der Waals surface area contributed by atoms with Crippen molar-refractivity contribution >= 4 is 127 Å². The standard InChI is InChI=1S/C43H41Cl5N2O11S5/c1-21(2)28-13-25(62(44,51)52)14-29(22(3)4)42(28)49-34-19-36-32(17-39(34)65(47,57)58)41(27-11-9-10-12-38(27)64(46,55)56)33-18-40(66(48,59)60)35(20-37(33)61-36)50-43-30(23(5)6)15-26(63(45,53)54)16-31(43)24(7)8/h9-24,49H,1-8H3/p+1. The van der Waals surface area contributed by atoms with Crippen molar-refractivity contribution in [3.8, 4) is 22.5 Å². The molecule has 0 amide bonds. The van der Waals surface area contributed by atoms with Gasteiger partial charge in [-0.15, -0.1) is 0 Å². The van der Waals surface area contributed by atoms with Gasteiger partial charge in [-0.1, -0.05) is 73.6 Å². The smallest absolute Gasteiger partial charge is 0.267 e. The molecular formula is C43H42Cl5N2O11S5+. The molecule has 1 aliphatic heterocycles. The third-order valence-electron chi connectivity index (χ3n) is 10.8. The summed E-state index contributed by atoms with van der Waals surface area (Å²) in [5.41, 5.74) is 2.14. The van der Waals surface area contributed by atoms with E-state index in [1.54, 1.807) is 55.4 Å². The minimum absolute atomic E-state index is 0.0443. The first kappa shape index (κ1) is 52.0. The minimum atomic E-state index is -4.71. The van der Waals surface area contributed by atoms with Gasteiger partial charge < -0.3 is 9.73 Å². The van der Waals surface area contributed by atoms with E-state index in [1.807, 2.05) is 0 Å². The zero-order chi connectivity index (χ0) is 49.4. The molecule has 2 N–H and O–H groups in total. The molecule has 1 heterocycles. The average molecular weight is 1100 g/mol. The lowest BCUT2D eigenvalue weighted by molar-refractivity contribution is -0.406. The van der Waals surface area contributed by atoms with Crippen LogP contribution in [0.25, 0.3) is 33.4 Å². The van der Waals surface area contributed by atoms with Crippen molar-refractivity contribution in [3.63, 3.8) is 0 Å².